The Bertz CT molecular complexity index is 484. The Balaban J connectivity index is 0.00000128. The summed E-state index contributed by atoms with van der Waals surface area (Å²) in [4.78, 5) is 0. The molecular formula is C13H16ClNO. The minimum absolute atomic E-state index is 0. The summed E-state index contributed by atoms with van der Waals surface area (Å²) in [7, 11) is 0. The van der Waals surface area contributed by atoms with E-state index in [4.69, 9.17) is 5.73 Å². The molecule has 0 aliphatic heterocycles. The van der Waals surface area contributed by atoms with Gasteiger partial charge in [-0.1, -0.05) is 25.1 Å². The van der Waals surface area contributed by atoms with Gasteiger partial charge in [-0.25, -0.2) is 0 Å². The van der Waals surface area contributed by atoms with Crippen molar-refractivity contribution in [3.8, 4) is 5.75 Å². The van der Waals surface area contributed by atoms with Gasteiger partial charge in [-0.3, -0.25) is 0 Å². The molecule has 86 valence electrons. The molecule has 2 rings (SSSR count). The lowest BCUT2D eigenvalue weighted by molar-refractivity contribution is 0.476. The van der Waals surface area contributed by atoms with Crippen molar-refractivity contribution >= 4 is 23.2 Å². The fourth-order valence-corrected chi connectivity index (χ4v) is 1.72. The van der Waals surface area contributed by atoms with E-state index in [0.29, 0.717) is 5.75 Å². The van der Waals surface area contributed by atoms with Crippen LogP contribution in [0.5, 0.6) is 5.75 Å². The quantitative estimate of drug-likeness (QED) is 0.841. The third-order valence-electron chi connectivity index (χ3n) is 2.72. The highest BCUT2D eigenvalue weighted by atomic mass is 35.5. The Hall–Kier alpha value is -1.25. The van der Waals surface area contributed by atoms with Crippen LogP contribution in [0, 0.1) is 0 Å². The predicted molar refractivity (Wildman–Crippen MR) is 70.1 cm³/mol. The lowest BCUT2D eigenvalue weighted by atomic mass is 10.0. The van der Waals surface area contributed by atoms with E-state index in [1.807, 2.05) is 18.2 Å². The van der Waals surface area contributed by atoms with Gasteiger partial charge in [0, 0.05) is 6.04 Å². The van der Waals surface area contributed by atoms with Crippen molar-refractivity contribution in [1.82, 2.24) is 0 Å². The molecule has 0 amide bonds. The molecule has 0 aromatic heterocycles. The first-order valence-corrected chi connectivity index (χ1v) is 5.19. The van der Waals surface area contributed by atoms with Gasteiger partial charge < -0.3 is 10.8 Å². The Kier molecular flexibility index (Phi) is 4.16. The molecule has 0 radical (unpaired) electrons. The highest BCUT2D eigenvalue weighted by molar-refractivity contribution is 5.85. The molecular weight excluding hydrogens is 222 g/mol. The van der Waals surface area contributed by atoms with Crippen LogP contribution in [0.25, 0.3) is 10.8 Å². The number of halogens is 1. The molecule has 0 fully saturated rings. The van der Waals surface area contributed by atoms with Crippen LogP contribution < -0.4 is 5.73 Å². The molecule has 3 N–H and O–H groups in total. The van der Waals surface area contributed by atoms with E-state index in [1.165, 1.54) is 0 Å². The normalized spacial score (nSPS) is 12.1. The molecule has 0 bridgehead atoms. The number of benzene rings is 2. The Morgan fingerprint density at radius 1 is 1.12 bits per heavy atom. The first-order chi connectivity index (χ1) is 7.20. The van der Waals surface area contributed by atoms with Crippen molar-refractivity contribution in [3.05, 3.63) is 42.0 Å². The van der Waals surface area contributed by atoms with Crippen molar-refractivity contribution < 1.29 is 5.11 Å². The van der Waals surface area contributed by atoms with Gasteiger partial charge in [-0.05, 0) is 41.0 Å². The van der Waals surface area contributed by atoms with E-state index >= 15 is 0 Å². The summed E-state index contributed by atoms with van der Waals surface area (Å²) in [6.07, 6.45) is 0.934. The van der Waals surface area contributed by atoms with Crippen LogP contribution in [0.2, 0.25) is 0 Å². The second kappa shape index (κ2) is 5.19. The number of hydrogen-bond donors (Lipinski definition) is 2. The molecule has 3 heteroatoms. The molecule has 0 heterocycles. The fourth-order valence-electron chi connectivity index (χ4n) is 1.72. The van der Waals surface area contributed by atoms with Gasteiger partial charge in [0.1, 0.15) is 5.75 Å². The Labute approximate surface area is 101 Å². The molecule has 2 aromatic carbocycles. The second-order valence-electron chi connectivity index (χ2n) is 3.81. The molecule has 1 atom stereocenters. The Morgan fingerprint density at radius 3 is 2.44 bits per heavy atom. The number of fused-ring (bicyclic) bond motifs is 1. The summed E-state index contributed by atoms with van der Waals surface area (Å²) in [6.45, 7) is 2.08. The SMILES string of the molecule is CC[C@H](N)c1ccc2cc(O)ccc2c1.Cl. The van der Waals surface area contributed by atoms with E-state index in [1.54, 1.807) is 12.1 Å². The molecule has 0 unspecified atom stereocenters. The monoisotopic (exact) mass is 237 g/mol. The zero-order chi connectivity index (χ0) is 10.8. The van der Waals surface area contributed by atoms with Crippen molar-refractivity contribution in [3.63, 3.8) is 0 Å². The molecule has 0 saturated carbocycles. The summed E-state index contributed by atoms with van der Waals surface area (Å²) in [5.74, 6) is 0.301. The lowest BCUT2D eigenvalue weighted by Crippen LogP contribution is -2.08. The number of phenols is 1. The predicted octanol–water partition coefficient (Wildman–Crippen LogP) is 3.38. The van der Waals surface area contributed by atoms with Gasteiger partial charge in [0.05, 0.1) is 0 Å². The molecule has 0 aliphatic carbocycles. The average molecular weight is 238 g/mol. The number of phenolic OH excluding ortho intramolecular Hbond substituents is 1. The topological polar surface area (TPSA) is 46.2 Å². The third kappa shape index (κ3) is 2.46. The van der Waals surface area contributed by atoms with Gasteiger partial charge >= 0.3 is 0 Å². The molecule has 2 nitrogen and oxygen atoms in total. The first kappa shape index (κ1) is 12.8. The second-order valence-corrected chi connectivity index (χ2v) is 3.81. The number of nitrogens with two attached hydrogens (primary N) is 1. The highest BCUT2D eigenvalue weighted by Gasteiger charge is 2.04. The molecule has 0 aliphatic rings. The van der Waals surface area contributed by atoms with Crippen LogP contribution in [-0.4, -0.2) is 5.11 Å². The number of aromatic hydroxyl groups is 1. The van der Waals surface area contributed by atoms with Crippen molar-refractivity contribution in [2.45, 2.75) is 19.4 Å². The maximum absolute atomic E-state index is 9.33. The minimum Gasteiger partial charge on any atom is -0.508 e. The molecule has 2 aromatic rings. The maximum atomic E-state index is 9.33. The zero-order valence-corrected chi connectivity index (χ0v) is 10.00. The molecule has 0 saturated heterocycles. The average Bonchev–Trinajstić information content (AvgIpc) is 2.27. The summed E-state index contributed by atoms with van der Waals surface area (Å²) >= 11 is 0. The smallest absolute Gasteiger partial charge is 0.116 e. The van der Waals surface area contributed by atoms with Crippen LogP contribution in [0.1, 0.15) is 24.9 Å². The first-order valence-electron chi connectivity index (χ1n) is 5.19. The van der Waals surface area contributed by atoms with E-state index in [2.05, 4.69) is 13.0 Å². The summed E-state index contributed by atoms with van der Waals surface area (Å²) < 4.78 is 0. The molecule has 16 heavy (non-hydrogen) atoms. The summed E-state index contributed by atoms with van der Waals surface area (Å²) in [5, 5.41) is 11.5. The van der Waals surface area contributed by atoms with Gasteiger partial charge in [-0.15, -0.1) is 12.4 Å². The van der Waals surface area contributed by atoms with Crippen molar-refractivity contribution in [2.24, 2.45) is 5.73 Å². The minimum atomic E-state index is 0. The number of hydrogen-bond acceptors (Lipinski definition) is 2. The summed E-state index contributed by atoms with van der Waals surface area (Å²) in [5.41, 5.74) is 7.11. The highest BCUT2D eigenvalue weighted by Crippen LogP contribution is 2.23. The van der Waals surface area contributed by atoms with Gasteiger partial charge in [0.25, 0.3) is 0 Å². The third-order valence-corrected chi connectivity index (χ3v) is 2.72. The van der Waals surface area contributed by atoms with E-state index < -0.39 is 0 Å². The van der Waals surface area contributed by atoms with Crippen molar-refractivity contribution in [1.29, 1.82) is 0 Å². The largest absolute Gasteiger partial charge is 0.508 e. The lowest BCUT2D eigenvalue weighted by Gasteiger charge is -2.10. The van der Waals surface area contributed by atoms with Gasteiger partial charge in [0.2, 0.25) is 0 Å². The van der Waals surface area contributed by atoms with Gasteiger partial charge in [0.15, 0.2) is 0 Å². The summed E-state index contributed by atoms with van der Waals surface area (Å²) in [6, 6.07) is 11.6. The maximum Gasteiger partial charge on any atom is 0.116 e. The van der Waals surface area contributed by atoms with E-state index in [-0.39, 0.29) is 18.4 Å². The fraction of sp³-hybridized carbons (Fsp3) is 0.231. The van der Waals surface area contributed by atoms with Crippen LogP contribution in [-0.2, 0) is 0 Å². The molecule has 0 spiro atoms. The van der Waals surface area contributed by atoms with E-state index in [0.717, 1.165) is 22.8 Å². The number of rotatable bonds is 2. The zero-order valence-electron chi connectivity index (χ0n) is 9.18. The standard InChI is InChI=1S/C13H15NO.ClH/c1-2-13(14)11-4-3-10-8-12(15)6-5-9(10)7-11;/h3-8,13,15H,2,14H2,1H3;1H/t13-;/m0./s1. The Morgan fingerprint density at radius 2 is 1.75 bits per heavy atom. The van der Waals surface area contributed by atoms with Crippen LogP contribution in [0.3, 0.4) is 0 Å². The van der Waals surface area contributed by atoms with Gasteiger partial charge in [-0.2, -0.15) is 0 Å². The van der Waals surface area contributed by atoms with Crippen LogP contribution in [0.15, 0.2) is 36.4 Å². The van der Waals surface area contributed by atoms with E-state index in [9.17, 15) is 5.11 Å². The van der Waals surface area contributed by atoms with Crippen molar-refractivity contribution in [2.75, 3.05) is 0 Å². The van der Waals surface area contributed by atoms with Crippen LogP contribution in [0.4, 0.5) is 0 Å². The van der Waals surface area contributed by atoms with Crippen LogP contribution >= 0.6 is 12.4 Å².